The lowest BCUT2D eigenvalue weighted by Crippen LogP contribution is -2.13. The van der Waals surface area contributed by atoms with E-state index in [1.807, 2.05) is 29.9 Å². The van der Waals surface area contributed by atoms with Crippen LogP contribution in [0.5, 0.6) is 5.75 Å². The Morgan fingerprint density at radius 3 is 2.77 bits per heavy atom. The Bertz CT molecular complexity index is 1140. The third-order valence-corrected chi connectivity index (χ3v) is 5.76. The number of phenols is 1. The van der Waals surface area contributed by atoms with Crippen LogP contribution in [-0.4, -0.2) is 40.0 Å². The van der Waals surface area contributed by atoms with Gasteiger partial charge in [-0.2, -0.15) is 5.10 Å². The lowest BCUT2D eigenvalue weighted by molar-refractivity contribution is 0.164. The Labute approximate surface area is 175 Å². The molecule has 0 bridgehead atoms. The van der Waals surface area contributed by atoms with Crippen molar-refractivity contribution in [2.24, 2.45) is 0 Å². The quantitative estimate of drug-likeness (QED) is 0.707. The number of fused-ring (bicyclic) bond motifs is 1. The van der Waals surface area contributed by atoms with Gasteiger partial charge in [-0.05, 0) is 42.8 Å². The summed E-state index contributed by atoms with van der Waals surface area (Å²) in [5.41, 5.74) is 6.18. The highest BCUT2D eigenvalue weighted by atomic mass is 19.1. The summed E-state index contributed by atoms with van der Waals surface area (Å²) in [5, 5.41) is 15.4. The number of rotatable bonds is 4. The van der Waals surface area contributed by atoms with E-state index in [0.29, 0.717) is 18.7 Å². The molecule has 5 nitrogen and oxygen atoms in total. The van der Waals surface area contributed by atoms with Gasteiger partial charge in [-0.25, -0.2) is 4.39 Å². The van der Waals surface area contributed by atoms with Crippen LogP contribution >= 0.6 is 0 Å². The molecule has 154 valence electrons. The largest absolute Gasteiger partial charge is 0.507 e. The van der Waals surface area contributed by atoms with Crippen LogP contribution in [0, 0.1) is 5.82 Å². The van der Waals surface area contributed by atoms with Crippen molar-refractivity contribution >= 4 is 5.57 Å². The molecule has 3 heterocycles. The Morgan fingerprint density at radius 1 is 1.13 bits per heavy atom. The lowest BCUT2D eigenvalue weighted by atomic mass is 10.0. The molecule has 2 aliphatic heterocycles. The monoisotopic (exact) mass is 405 g/mol. The maximum Gasteiger partial charge on any atom is 0.132 e. The summed E-state index contributed by atoms with van der Waals surface area (Å²) in [6.45, 7) is 3.20. The van der Waals surface area contributed by atoms with Crippen molar-refractivity contribution in [3.63, 3.8) is 0 Å². The van der Waals surface area contributed by atoms with Gasteiger partial charge in [-0.15, -0.1) is 0 Å². The number of aromatic nitrogens is 2. The van der Waals surface area contributed by atoms with Gasteiger partial charge in [0.05, 0.1) is 31.1 Å². The average molecular weight is 405 g/mol. The molecule has 0 aliphatic carbocycles. The molecular formula is C24H24FN3O2. The maximum absolute atomic E-state index is 14.6. The zero-order chi connectivity index (χ0) is 20.7. The summed E-state index contributed by atoms with van der Waals surface area (Å²) in [4.78, 5) is 2.17. The van der Waals surface area contributed by atoms with Crippen LogP contribution in [0.3, 0.4) is 0 Å². The van der Waals surface area contributed by atoms with Gasteiger partial charge in [-0.3, -0.25) is 9.58 Å². The van der Waals surface area contributed by atoms with E-state index in [1.54, 1.807) is 18.2 Å². The van der Waals surface area contributed by atoms with Crippen LogP contribution in [0.2, 0.25) is 0 Å². The van der Waals surface area contributed by atoms with E-state index in [2.05, 4.69) is 11.0 Å². The Kier molecular flexibility index (Phi) is 4.89. The molecule has 0 saturated carbocycles. The van der Waals surface area contributed by atoms with E-state index in [0.717, 1.165) is 59.8 Å². The Hall–Kier alpha value is -2.96. The summed E-state index contributed by atoms with van der Waals surface area (Å²) >= 11 is 0. The predicted octanol–water partition coefficient (Wildman–Crippen LogP) is 4.19. The third kappa shape index (κ3) is 3.42. The van der Waals surface area contributed by atoms with Gasteiger partial charge < -0.3 is 9.84 Å². The second kappa shape index (κ2) is 7.70. The van der Waals surface area contributed by atoms with Crippen molar-refractivity contribution in [1.82, 2.24) is 14.7 Å². The fourth-order valence-corrected chi connectivity index (χ4v) is 4.36. The van der Waals surface area contributed by atoms with E-state index in [4.69, 9.17) is 9.84 Å². The minimum atomic E-state index is -0.251. The van der Waals surface area contributed by atoms with Gasteiger partial charge in [0, 0.05) is 29.8 Å². The van der Waals surface area contributed by atoms with Crippen LogP contribution in [0.25, 0.3) is 16.8 Å². The summed E-state index contributed by atoms with van der Waals surface area (Å²) in [6.07, 6.45) is 2.97. The van der Waals surface area contributed by atoms with Gasteiger partial charge in [0.15, 0.2) is 0 Å². The van der Waals surface area contributed by atoms with Gasteiger partial charge in [0.1, 0.15) is 11.6 Å². The second-order valence-corrected chi connectivity index (χ2v) is 8.01. The first-order chi connectivity index (χ1) is 14.6. The number of hydrogen-bond acceptors (Lipinski definition) is 4. The SMILES string of the molecule is CN1Cc2nn(Cc3ccc(C4=CCCOC4)c(O)c3)c(-c3ccccc3F)c2C1. The lowest BCUT2D eigenvalue weighted by Gasteiger charge is -2.16. The van der Waals surface area contributed by atoms with Crippen LogP contribution in [0.15, 0.2) is 48.5 Å². The number of benzene rings is 2. The van der Waals surface area contributed by atoms with Crippen molar-refractivity contribution < 1.29 is 14.2 Å². The minimum absolute atomic E-state index is 0.233. The number of phenolic OH excluding ortho intramolecular Hbond substituents is 1. The van der Waals surface area contributed by atoms with Gasteiger partial charge >= 0.3 is 0 Å². The molecule has 5 rings (SSSR count). The molecule has 30 heavy (non-hydrogen) atoms. The topological polar surface area (TPSA) is 50.5 Å². The van der Waals surface area contributed by atoms with Crippen molar-refractivity contribution in [3.05, 3.63) is 76.7 Å². The minimum Gasteiger partial charge on any atom is -0.507 e. The Morgan fingerprint density at radius 2 is 2.00 bits per heavy atom. The molecule has 0 amide bonds. The average Bonchev–Trinajstić information content (AvgIpc) is 3.24. The van der Waals surface area contributed by atoms with Crippen LogP contribution < -0.4 is 0 Å². The van der Waals surface area contributed by atoms with Crippen LogP contribution in [-0.2, 0) is 24.4 Å². The predicted molar refractivity (Wildman–Crippen MR) is 113 cm³/mol. The normalized spacial score (nSPS) is 16.5. The first-order valence-electron chi connectivity index (χ1n) is 10.2. The number of nitrogens with zero attached hydrogens (tertiary/aromatic N) is 3. The molecule has 6 heteroatoms. The number of hydrogen-bond donors (Lipinski definition) is 1. The van der Waals surface area contributed by atoms with E-state index in [9.17, 15) is 9.50 Å². The molecule has 0 atom stereocenters. The molecule has 0 spiro atoms. The zero-order valence-electron chi connectivity index (χ0n) is 16.9. The standard InChI is InChI=1S/C24H24FN3O2/c1-27-13-20-22(14-27)26-28(24(20)19-6-2-3-7-21(19)25)12-16-8-9-18(23(29)11-16)17-5-4-10-30-15-17/h2-3,5-9,11,29H,4,10,12-15H2,1H3. The molecule has 0 saturated heterocycles. The van der Waals surface area contributed by atoms with Crippen LogP contribution in [0.1, 0.15) is 28.8 Å². The van der Waals surface area contributed by atoms with Crippen molar-refractivity contribution in [2.45, 2.75) is 26.1 Å². The fraction of sp³-hybridized carbons (Fsp3) is 0.292. The van der Waals surface area contributed by atoms with Crippen molar-refractivity contribution in [2.75, 3.05) is 20.3 Å². The highest BCUT2D eigenvalue weighted by Crippen LogP contribution is 2.35. The Balaban J connectivity index is 1.51. The first kappa shape index (κ1) is 19.0. The van der Waals surface area contributed by atoms with Gasteiger partial charge in [-0.1, -0.05) is 30.3 Å². The number of ether oxygens (including phenoxy) is 1. The molecule has 1 aromatic heterocycles. The van der Waals surface area contributed by atoms with E-state index in [1.165, 1.54) is 6.07 Å². The molecule has 3 aromatic rings. The summed E-state index contributed by atoms with van der Waals surface area (Å²) in [7, 11) is 2.04. The smallest absolute Gasteiger partial charge is 0.132 e. The van der Waals surface area contributed by atoms with Crippen molar-refractivity contribution in [1.29, 1.82) is 0 Å². The first-order valence-corrected chi connectivity index (χ1v) is 10.2. The summed E-state index contributed by atoms with van der Waals surface area (Å²) in [5.74, 6) is -0.0189. The van der Waals surface area contributed by atoms with Crippen molar-refractivity contribution in [3.8, 4) is 17.0 Å². The molecular weight excluding hydrogens is 381 g/mol. The number of halogens is 1. The van der Waals surface area contributed by atoms with E-state index < -0.39 is 0 Å². The van der Waals surface area contributed by atoms with Crippen LogP contribution in [0.4, 0.5) is 4.39 Å². The van der Waals surface area contributed by atoms with E-state index >= 15 is 0 Å². The van der Waals surface area contributed by atoms with E-state index in [-0.39, 0.29) is 11.6 Å². The molecule has 0 fully saturated rings. The van der Waals surface area contributed by atoms with Gasteiger partial charge in [0.25, 0.3) is 0 Å². The summed E-state index contributed by atoms with van der Waals surface area (Å²) < 4.78 is 22.0. The molecule has 2 aromatic carbocycles. The molecule has 0 unspecified atom stereocenters. The fourth-order valence-electron chi connectivity index (χ4n) is 4.36. The molecule has 1 N–H and O–H groups in total. The number of aromatic hydroxyl groups is 1. The van der Waals surface area contributed by atoms with Gasteiger partial charge in [0.2, 0.25) is 0 Å². The second-order valence-electron chi connectivity index (χ2n) is 8.01. The molecule has 2 aliphatic rings. The summed E-state index contributed by atoms with van der Waals surface area (Å²) in [6, 6.07) is 12.5. The maximum atomic E-state index is 14.6. The molecule has 0 radical (unpaired) electrons. The highest BCUT2D eigenvalue weighted by Gasteiger charge is 2.27. The third-order valence-electron chi connectivity index (χ3n) is 5.76. The highest BCUT2D eigenvalue weighted by molar-refractivity contribution is 5.72. The zero-order valence-corrected chi connectivity index (χ0v) is 16.9.